The first-order valence-electron chi connectivity index (χ1n) is 6.71. The van der Waals surface area contributed by atoms with Crippen LogP contribution < -0.4 is 4.74 Å². The predicted octanol–water partition coefficient (Wildman–Crippen LogP) is 3.86. The summed E-state index contributed by atoms with van der Waals surface area (Å²) in [7, 11) is 1.64. The van der Waals surface area contributed by atoms with Gasteiger partial charge in [0.1, 0.15) is 0 Å². The maximum absolute atomic E-state index is 5.04. The van der Waals surface area contributed by atoms with Crippen molar-refractivity contribution in [1.82, 2.24) is 9.29 Å². The second kappa shape index (κ2) is 8.38. The minimum Gasteiger partial charge on any atom is -0.481 e. The van der Waals surface area contributed by atoms with Gasteiger partial charge in [0, 0.05) is 30.2 Å². The maximum Gasteiger partial charge on any atom is 0.212 e. The molecule has 1 atom stereocenters. The Morgan fingerprint density at radius 2 is 2.17 bits per heavy atom. The van der Waals surface area contributed by atoms with Crippen LogP contribution in [0.4, 0.5) is 0 Å². The lowest BCUT2D eigenvalue weighted by Gasteiger charge is -2.29. The molecule has 102 valence electrons. The third kappa shape index (κ3) is 4.86. The van der Waals surface area contributed by atoms with Crippen LogP contribution in [0.5, 0.6) is 5.88 Å². The van der Waals surface area contributed by atoms with Gasteiger partial charge >= 0.3 is 0 Å². The summed E-state index contributed by atoms with van der Waals surface area (Å²) in [4.78, 5) is 5.40. The molecule has 0 saturated carbocycles. The summed E-state index contributed by atoms with van der Waals surface area (Å²) in [6.45, 7) is 8.68. The third-order valence-corrected chi connectivity index (χ3v) is 3.81. The van der Waals surface area contributed by atoms with Crippen molar-refractivity contribution in [3.8, 4) is 5.88 Å². The molecule has 18 heavy (non-hydrogen) atoms. The van der Waals surface area contributed by atoms with Gasteiger partial charge < -0.3 is 4.74 Å². The molecule has 0 bridgehead atoms. The van der Waals surface area contributed by atoms with Crippen molar-refractivity contribution in [1.29, 1.82) is 0 Å². The minimum atomic E-state index is 0.677. The van der Waals surface area contributed by atoms with Gasteiger partial charge in [-0.05, 0) is 36.8 Å². The molecule has 0 radical (unpaired) electrons. The van der Waals surface area contributed by atoms with Gasteiger partial charge in [0.15, 0.2) is 0 Å². The largest absolute Gasteiger partial charge is 0.481 e. The molecule has 3 nitrogen and oxygen atoms in total. The Morgan fingerprint density at radius 3 is 2.72 bits per heavy atom. The van der Waals surface area contributed by atoms with Crippen molar-refractivity contribution < 1.29 is 4.74 Å². The van der Waals surface area contributed by atoms with E-state index in [1.165, 1.54) is 30.8 Å². The number of rotatable bonds is 3. The highest BCUT2D eigenvalue weighted by Gasteiger charge is 2.17. The van der Waals surface area contributed by atoms with E-state index in [9.17, 15) is 0 Å². The fourth-order valence-corrected chi connectivity index (χ4v) is 3.00. The summed E-state index contributed by atoms with van der Waals surface area (Å²) in [5, 5.41) is 0. The van der Waals surface area contributed by atoms with Crippen LogP contribution >= 0.6 is 11.9 Å². The van der Waals surface area contributed by atoms with E-state index < -0.39 is 0 Å². The molecule has 2 heterocycles. The Kier molecular flexibility index (Phi) is 7.13. The van der Waals surface area contributed by atoms with E-state index in [0.29, 0.717) is 5.88 Å². The van der Waals surface area contributed by atoms with Gasteiger partial charge in [-0.1, -0.05) is 20.8 Å². The molecule has 1 saturated heterocycles. The lowest BCUT2D eigenvalue weighted by Crippen LogP contribution is -2.28. The Labute approximate surface area is 115 Å². The van der Waals surface area contributed by atoms with E-state index in [-0.39, 0.29) is 0 Å². The van der Waals surface area contributed by atoms with Crippen molar-refractivity contribution >= 4 is 11.9 Å². The van der Waals surface area contributed by atoms with E-state index in [2.05, 4.69) is 22.3 Å². The first-order chi connectivity index (χ1) is 8.78. The number of ether oxygens (including phenoxy) is 1. The van der Waals surface area contributed by atoms with Gasteiger partial charge in [0.2, 0.25) is 5.88 Å². The molecule has 1 unspecified atom stereocenters. The molecule has 0 amide bonds. The smallest absolute Gasteiger partial charge is 0.212 e. The van der Waals surface area contributed by atoms with Gasteiger partial charge in [0.05, 0.1) is 7.11 Å². The number of hydrogen-bond donors (Lipinski definition) is 0. The molecule has 1 aliphatic heterocycles. The van der Waals surface area contributed by atoms with Crippen LogP contribution in [0.3, 0.4) is 0 Å². The fourth-order valence-electron chi connectivity index (χ4n) is 1.92. The maximum atomic E-state index is 5.04. The van der Waals surface area contributed by atoms with Crippen LogP contribution in [0.15, 0.2) is 23.2 Å². The highest BCUT2D eigenvalue weighted by molar-refractivity contribution is 7.97. The van der Waals surface area contributed by atoms with E-state index in [4.69, 9.17) is 4.74 Å². The molecule has 4 heteroatoms. The number of methoxy groups -OCH3 is 1. The molecule has 0 aromatic carbocycles. The Balaban J connectivity index is 0.000000771. The van der Waals surface area contributed by atoms with Gasteiger partial charge in [-0.2, -0.15) is 0 Å². The second-order valence-electron chi connectivity index (χ2n) is 4.26. The average Bonchev–Trinajstić information content (AvgIpc) is 2.42. The fraction of sp³-hybridized carbons (Fsp3) is 0.643. The number of piperidine rings is 1. The lowest BCUT2D eigenvalue weighted by molar-refractivity contribution is 0.302. The summed E-state index contributed by atoms with van der Waals surface area (Å²) in [6.07, 6.45) is 4.54. The van der Waals surface area contributed by atoms with Gasteiger partial charge in [-0.3, -0.25) is 0 Å². The molecule has 0 N–H and O–H groups in total. The number of aromatic nitrogens is 1. The topological polar surface area (TPSA) is 25.4 Å². The van der Waals surface area contributed by atoms with E-state index in [1.807, 2.05) is 26.1 Å². The Bertz CT molecular complexity index is 329. The summed E-state index contributed by atoms with van der Waals surface area (Å²) >= 11 is 1.80. The third-order valence-electron chi connectivity index (χ3n) is 2.77. The van der Waals surface area contributed by atoms with Crippen LogP contribution in [0, 0.1) is 5.92 Å². The summed E-state index contributed by atoms with van der Waals surface area (Å²) in [6, 6.07) is 3.98. The summed E-state index contributed by atoms with van der Waals surface area (Å²) < 4.78 is 7.47. The molecule has 0 spiro atoms. The Hall–Kier alpha value is -0.740. The zero-order chi connectivity index (χ0) is 13.4. The SMILES string of the molecule is CC.COc1ccc(SN2CCCC(C)C2)cn1. The van der Waals surface area contributed by atoms with E-state index in [1.54, 1.807) is 19.1 Å². The molecular formula is C14H24N2OS. The van der Waals surface area contributed by atoms with Crippen LogP contribution in [-0.2, 0) is 0 Å². The van der Waals surface area contributed by atoms with Crippen LogP contribution in [0.2, 0.25) is 0 Å². The summed E-state index contributed by atoms with van der Waals surface area (Å²) in [5.74, 6) is 1.49. The first kappa shape index (κ1) is 15.3. The molecule has 1 aliphatic rings. The minimum absolute atomic E-state index is 0.677. The van der Waals surface area contributed by atoms with Crippen LogP contribution in [-0.4, -0.2) is 29.5 Å². The zero-order valence-corrected chi connectivity index (χ0v) is 12.7. The van der Waals surface area contributed by atoms with Crippen LogP contribution in [0.25, 0.3) is 0 Å². The average molecular weight is 268 g/mol. The number of nitrogens with zero attached hydrogens (tertiary/aromatic N) is 2. The number of pyridine rings is 1. The van der Waals surface area contributed by atoms with Crippen molar-refractivity contribution in [3.63, 3.8) is 0 Å². The van der Waals surface area contributed by atoms with E-state index in [0.717, 1.165) is 5.92 Å². The monoisotopic (exact) mass is 268 g/mol. The molecule has 1 aromatic rings. The first-order valence-corrected chi connectivity index (χ1v) is 7.48. The highest BCUT2D eigenvalue weighted by Crippen LogP contribution is 2.28. The molecule has 2 rings (SSSR count). The molecule has 0 aliphatic carbocycles. The number of hydrogen-bond acceptors (Lipinski definition) is 4. The van der Waals surface area contributed by atoms with Crippen molar-refractivity contribution in [3.05, 3.63) is 18.3 Å². The molecule has 1 aromatic heterocycles. The normalized spacial score (nSPS) is 19.9. The quantitative estimate of drug-likeness (QED) is 0.777. The standard InChI is InChI=1S/C12H18N2OS.C2H6/c1-10-4-3-7-14(9-10)16-11-5-6-12(15-2)13-8-11;1-2/h5-6,8,10H,3-4,7,9H2,1-2H3;1-2H3. The Morgan fingerprint density at radius 1 is 1.39 bits per heavy atom. The zero-order valence-electron chi connectivity index (χ0n) is 11.8. The highest BCUT2D eigenvalue weighted by atomic mass is 32.2. The summed E-state index contributed by atoms with van der Waals surface area (Å²) in [5.41, 5.74) is 0. The van der Waals surface area contributed by atoms with Crippen molar-refractivity contribution in [2.45, 2.75) is 38.5 Å². The predicted molar refractivity (Wildman–Crippen MR) is 78.0 cm³/mol. The van der Waals surface area contributed by atoms with Gasteiger partial charge in [-0.15, -0.1) is 0 Å². The molecule has 1 fully saturated rings. The van der Waals surface area contributed by atoms with Crippen molar-refractivity contribution in [2.75, 3.05) is 20.2 Å². The van der Waals surface area contributed by atoms with Gasteiger partial charge in [-0.25, -0.2) is 9.29 Å². The van der Waals surface area contributed by atoms with Crippen LogP contribution in [0.1, 0.15) is 33.6 Å². The lowest BCUT2D eigenvalue weighted by atomic mass is 10.0. The van der Waals surface area contributed by atoms with Gasteiger partial charge in [0.25, 0.3) is 0 Å². The van der Waals surface area contributed by atoms with E-state index >= 15 is 0 Å². The molecular weight excluding hydrogens is 244 g/mol. The van der Waals surface area contributed by atoms with Crippen molar-refractivity contribution in [2.24, 2.45) is 5.92 Å². The second-order valence-corrected chi connectivity index (χ2v) is 5.43.